The quantitative estimate of drug-likeness (QED) is 0.0317. The first kappa shape index (κ1) is 54.9. The van der Waals surface area contributed by atoms with E-state index in [9.17, 15) is 19.2 Å². The van der Waals surface area contributed by atoms with E-state index in [-0.39, 0.29) is 34.6 Å². The molecule has 0 saturated heterocycles. The van der Waals surface area contributed by atoms with Gasteiger partial charge in [-0.25, -0.2) is 0 Å². The number of ether oxygens (including phenoxy) is 2. The van der Waals surface area contributed by atoms with Crippen molar-refractivity contribution in [2.24, 2.45) is 57.7 Å². The number of carbonyl (C=O) groups excluding carboxylic acids is 4. The molecule has 368 valence electrons. The van der Waals surface area contributed by atoms with Gasteiger partial charge in [0.15, 0.2) is 0 Å². The Kier molecular flexibility index (Phi) is 22.0. The summed E-state index contributed by atoms with van der Waals surface area (Å²) in [4.78, 5) is 50.0. The minimum absolute atomic E-state index is 0.00718. The average Bonchev–Trinajstić information content (AvgIpc) is 3.60. The minimum Gasteiger partial charge on any atom is -0.462 e. The largest absolute Gasteiger partial charge is 0.462 e. The van der Waals surface area contributed by atoms with Crippen LogP contribution in [0, 0.1) is 57.7 Å². The summed E-state index contributed by atoms with van der Waals surface area (Å²) in [7, 11) is 0. The molecule has 0 heterocycles. The van der Waals surface area contributed by atoms with Crippen LogP contribution in [0.15, 0.2) is 11.6 Å². The van der Waals surface area contributed by atoms with Crippen molar-refractivity contribution in [3.05, 3.63) is 11.6 Å². The highest BCUT2D eigenvalue weighted by Crippen LogP contribution is 2.67. The molecule has 0 spiro atoms. The number of fused-ring (bicyclic) bond motifs is 5. The van der Waals surface area contributed by atoms with E-state index in [1.807, 2.05) is 20.8 Å². The number of allylic oxidation sites excluding steroid dienone is 1. The van der Waals surface area contributed by atoms with Crippen LogP contribution in [0.3, 0.4) is 0 Å². The van der Waals surface area contributed by atoms with Gasteiger partial charge in [-0.05, 0) is 158 Å². The summed E-state index contributed by atoms with van der Waals surface area (Å²) in [6, 6.07) is 0. The maximum atomic E-state index is 13.7. The fourth-order valence-corrected chi connectivity index (χ4v) is 13.8. The van der Waals surface area contributed by atoms with Crippen LogP contribution >= 0.6 is 11.8 Å². The molecular formula is C55H96N2O6S. The maximum Gasteiger partial charge on any atom is 0.311 e. The Labute approximate surface area is 396 Å². The molecule has 8 nitrogen and oxygen atoms in total. The van der Waals surface area contributed by atoms with E-state index in [1.54, 1.807) is 5.57 Å². The SMILES string of the molecule is CCCC(CCCCNC(=O)CCSC(C=O)CNCCC(C)(C)OCCC(C)(C)C(=O)OC1CCC2(C)C(=CCC3C2CCC2(C)C(C(C)CCCC(C)C)CCC32)C1)C(=O)CC. The number of rotatable bonds is 30. The minimum atomic E-state index is -0.640. The van der Waals surface area contributed by atoms with E-state index in [1.165, 1.54) is 63.1 Å². The average molecular weight is 913 g/mol. The van der Waals surface area contributed by atoms with Crippen LogP contribution in [-0.4, -0.2) is 72.9 Å². The highest BCUT2D eigenvalue weighted by Gasteiger charge is 2.59. The van der Waals surface area contributed by atoms with Gasteiger partial charge in [0.05, 0.1) is 16.3 Å². The van der Waals surface area contributed by atoms with Gasteiger partial charge in [0, 0.05) is 50.6 Å². The molecule has 4 aliphatic rings. The number of unbranched alkanes of at least 4 members (excludes halogenated alkanes) is 1. The maximum absolute atomic E-state index is 13.7. The Hall–Kier alpha value is -1.71. The summed E-state index contributed by atoms with van der Waals surface area (Å²) < 4.78 is 12.7. The van der Waals surface area contributed by atoms with Crippen molar-refractivity contribution >= 4 is 35.7 Å². The van der Waals surface area contributed by atoms with Crippen LogP contribution in [0.1, 0.15) is 205 Å². The normalized spacial score (nSPS) is 28.3. The summed E-state index contributed by atoms with van der Waals surface area (Å²) in [5.74, 6) is 5.92. The lowest BCUT2D eigenvalue weighted by atomic mass is 9.47. The lowest BCUT2D eigenvalue weighted by molar-refractivity contribution is -0.164. The predicted octanol–water partition coefficient (Wildman–Crippen LogP) is 12.5. The van der Waals surface area contributed by atoms with Crippen LogP contribution in [0.4, 0.5) is 0 Å². The van der Waals surface area contributed by atoms with E-state index in [0.29, 0.717) is 62.5 Å². The second-order valence-corrected chi connectivity index (χ2v) is 24.5. The van der Waals surface area contributed by atoms with Gasteiger partial charge in [-0.2, -0.15) is 0 Å². The van der Waals surface area contributed by atoms with Gasteiger partial charge in [-0.1, -0.05) is 92.2 Å². The molecule has 0 aromatic carbocycles. The second-order valence-electron chi connectivity index (χ2n) is 23.2. The lowest BCUT2D eigenvalue weighted by Gasteiger charge is -2.58. The van der Waals surface area contributed by atoms with E-state index in [2.05, 4.69) is 72.1 Å². The van der Waals surface area contributed by atoms with Gasteiger partial charge in [0.2, 0.25) is 5.91 Å². The Morgan fingerprint density at radius 2 is 1.67 bits per heavy atom. The molecular weight excluding hydrogens is 817 g/mol. The van der Waals surface area contributed by atoms with E-state index in [4.69, 9.17) is 9.47 Å². The summed E-state index contributed by atoms with van der Waals surface area (Å²) in [5, 5.41) is 6.18. The standard InChI is InChI=1S/C55H96N2O6S/c1-12-17-41(49(59)13-2)20-14-15-32-57-50(60)27-35-64-44(38-58)37-56-33-30-53(8,9)62-34-31-52(6,7)51(61)63-43-25-28-54(10)42(36-43)21-22-45-47-24-23-46(40(5)19-16-18-39(3)4)55(47,11)29-26-48(45)54/h21,38-41,43-48,56H,12-20,22-37H2,1-11H3,(H,57,60). The number of esters is 1. The zero-order valence-corrected chi connectivity index (χ0v) is 43.7. The van der Waals surface area contributed by atoms with Gasteiger partial charge < -0.3 is 24.9 Å². The van der Waals surface area contributed by atoms with Crippen molar-refractivity contribution in [1.82, 2.24) is 10.6 Å². The number of hydrogen-bond donors (Lipinski definition) is 2. The molecule has 0 bridgehead atoms. The Morgan fingerprint density at radius 3 is 2.38 bits per heavy atom. The molecule has 1 amide bonds. The van der Waals surface area contributed by atoms with Gasteiger partial charge in [-0.15, -0.1) is 11.8 Å². The number of hydrogen-bond acceptors (Lipinski definition) is 8. The van der Waals surface area contributed by atoms with Gasteiger partial charge in [0.25, 0.3) is 0 Å². The van der Waals surface area contributed by atoms with Crippen molar-refractivity contribution in [3.8, 4) is 0 Å². The van der Waals surface area contributed by atoms with Gasteiger partial charge in [0.1, 0.15) is 18.2 Å². The monoisotopic (exact) mass is 913 g/mol. The molecule has 0 aromatic rings. The third-order valence-corrected chi connectivity index (χ3v) is 18.3. The smallest absolute Gasteiger partial charge is 0.311 e. The van der Waals surface area contributed by atoms with Crippen molar-refractivity contribution < 1.29 is 28.7 Å². The highest BCUT2D eigenvalue weighted by molar-refractivity contribution is 8.00. The Morgan fingerprint density at radius 1 is 0.906 bits per heavy atom. The molecule has 2 N–H and O–H groups in total. The molecule has 10 atom stereocenters. The van der Waals surface area contributed by atoms with E-state index < -0.39 is 11.0 Å². The number of amides is 1. The number of thioether (sulfide) groups is 1. The first-order valence-electron chi connectivity index (χ1n) is 26.4. The Balaban J connectivity index is 1.11. The molecule has 3 fully saturated rings. The summed E-state index contributed by atoms with van der Waals surface area (Å²) in [6.45, 7) is 27.1. The van der Waals surface area contributed by atoms with Crippen LogP contribution < -0.4 is 10.6 Å². The van der Waals surface area contributed by atoms with Crippen LogP contribution in [0.5, 0.6) is 0 Å². The highest BCUT2D eigenvalue weighted by atomic mass is 32.2. The molecule has 9 heteroatoms. The molecule has 4 aliphatic carbocycles. The number of ketones is 1. The number of carbonyl (C=O) groups is 4. The van der Waals surface area contributed by atoms with Crippen molar-refractivity contribution in [1.29, 1.82) is 0 Å². The van der Waals surface area contributed by atoms with Gasteiger partial charge >= 0.3 is 5.97 Å². The summed E-state index contributed by atoms with van der Waals surface area (Å²) >= 11 is 1.51. The number of nitrogens with one attached hydrogen (secondary N) is 2. The fraction of sp³-hybridized carbons (Fsp3) is 0.891. The molecule has 64 heavy (non-hydrogen) atoms. The third-order valence-electron chi connectivity index (χ3n) is 17.1. The van der Waals surface area contributed by atoms with Crippen LogP contribution in [0.25, 0.3) is 0 Å². The second kappa shape index (κ2) is 25.6. The number of aldehydes is 1. The van der Waals surface area contributed by atoms with Crippen molar-refractivity contribution in [2.45, 2.75) is 222 Å². The van der Waals surface area contributed by atoms with Crippen molar-refractivity contribution in [2.75, 3.05) is 32.0 Å². The first-order valence-corrected chi connectivity index (χ1v) is 27.5. The van der Waals surface area contributed by atoms with Crippen LogP contribution in [-0.2, 0) is 28.7 Å². The van der Waals surface area contributed by atoms with E-state index in [0.717, 1.165) is 99.6 Å². The molecule has 0 aromatic heterocycles. The van der Waals surface area contributed by atoms with E-state index >= 15 is 0 Å². The number of Topliss-reactive ketones (excluding diaryl/α,β-unsaturated/α-hetero) is 1. The van der Waals surface area contributed by atoms with Crippen LogP contribution in [0.2, 0.25) is 0 Å². The summed E-state index contributed by atoms with van der Waals surface area (Å²) in [5.41, 5.74) is 1.27. The topological polar surface area (TPSA) is 111 Å². The zero-order valence-electron chi connectivity index (χ0n) is 42.9. The predicted molar refractivity (Wildman–Crippen MR) is 266 cm³/mol. The zero-order chi connectivity index (χ0) is 47.1. The molecule has 4 rings (SSSR count). The fourth-order valence-electron chi connectivity index (χ4n) is 12.8. The third kappa shape index (κ3) is 15.4. The molecule has 3 saturated carbocycles. The summed E-state index contributed by atoms with van der Waals surface area (Å²) in [6.07, 6.45) is 24.4. The molecule has 0 aliphatic heterocycles. The lowest BCUT2D eigenvalue weighted by Crippen LogP contribution is -2.51. The Bertz CT molecular complexity index is 1510. The van der Waals surface area contributed by atoms with Gasteiger partial charge in [-0.3, -0.25) is 14.4 Å². The molecule has 10 unspecified atom stereocenters. The first-order chi connectivity index (χ1) is 30.3. The molecule has 0 radical (unpaired) electrons. The van der Waals surface area contributed by atoms with Crippen molar-refractivity contribution in [3.63, 3.8) is 0 Å².